The molecule has 4 rings (SSSR count). The summed E-state index contributed by atoms with van der Waals surface area (Å²) in [7, 11) is 0. The Kier molecular flexibility index (Phi) is 3.95. The van der Waals surface area contributed by atoms with Crippen LogP contribution in [0.25, 0.3) is 5.65 Å². The molecule has 0 N–H and O–H groups in total. The minimum absolute atomic E-state index is 0.0359. The van der Waals surface area contributed by atoms with Gasteiger partial charge in [0.2, 0.25) is 0 Å². The van der Waals surface area contributed by atoms with Gasteiger partial charge >= 0.3 is 0 Å². The Hall–Kier alpha value is -2.76. The van der Waals surface area contributed by atoms with Gasteiger partial charge in [-0.3, -0.25) is 9.78 Å². The second-order valence-corrected chi connectivity index (χ2v) is 6.69. The number of nitrogens with zero attached hydrogens (tertiary/aromatic N) is 5. The van der Waals surface area contributed by atoms with Gasteiger partial charge in [0.05, 0.1) is 17.6 Å². The number of amides is 1. The summed E-state index contributed by atoms with van der Waals surface area (Å²) in [6.45, 7) is 5.34. The first kappa shape index (κ1) is 15.7. The highest BCUT2D eigenvalue weighted by atomic mass is 16.2. The van der Waals surface area contributed by atoms with Crippen molar-refractivity contribution in [2.45, 2.75) is 32.6 Å². The van der Waals surface area contributed by atoms with Gasteiger partial charge in [-0.05, 0) is 38.8 Å². The fourth-order valence-corrected chi connectivity index (χ4v) is 3.55. The van der Waals surface area contributed by atoms with Gasteiger partial charge in [0.25, 0.3) is 5.91 Å². The summed E-state index contributed by atoms with van der Waals surface area (Å²) in [5.41, 5.74) is 4.41. The van der Waals surface area contributed by atoms with E-state index >= 15 is 0 Å². The first-order valence-electron chi connectivity index (χ1n) is 8.64. The fraction of sp³-hybridized carbons (Fsp3) is 0.368. The molecule has 25 heavy (non-hydrogen) atoms. The van der Waals surface area contributed by atoms with E-state index in [0.717, 1.165) is 36.4 Å². The zero-order chi connectivity index (χ0) is 17.4. The molecule has 6 nitrogen and oxygen atoms in total. The maximum absolute atomic E-state index is 12.8. The van der Waals surface area contributed by atoms with Gasteiger partial charge in [-0.2, -0.15) is 0 Å². The second kappa shape index (κ2) is 6.27. The number of aromatic nitrogens is 4. The lowest BCUT2D eigenvalue weighted by molar-refractivity contribution is 0.0699. The topological polar surface area (TPSA) is 63.4 Å². The van der Waals surface area contributed by atoms with Crippen molar-refractivity contribution < 1.29 is 4.79 Å². The summed E-state index contributed by atoms with van der Waals surface area (Å²) < 4.78 is 2.15. The fourth-order valence-electron chi connectivity index (χ4n) is 3.55. The minimum Gasteiger partial charge on any atom is -0.337 e. The highest BCUT2D eigenvalue weighted by Gasteiger charge is 2.27. The van der Waals surface area contributed by atoms with Gasteiger partial charge in [-0.1, -0.05) is 6.07 Å². The molecule has 1 saturated heterocycles. The van der Waals surface area contributed by atoms with Crippen molar-refractivity contribution in [1.29, 1.82) is 0 Å². The van der Waals surface area contributed by atoms with Crippen molar-refractivity contribution in [2.24, 2.45) is 0 Å². The first-order valence-corrected chi connectivity index (χ1v) is 8.64. The van der Waals surface area contributed by atoms with Crippen LogP contribution in [-0.4, -0.2) is 43.2 Å². The number of likely N-dealkylation sites (tertiary alicyclic amines) is 1. The van der Waals surface area contributed by atoms with Crippen molar-refractivity contribution >= 4 is 11.6 Å². The van der Waals surface area contributed by atoms with E-state index < -0.39 is 0 Å². The molecular formula is C19H21N5O. The molecule has 0 bridgehead atoms. The average molecular weight is 335 g/mol. The van der Waals surface area contributed by atoms with Crippen LogP contribution in [0, 0.1) is 13.8 Å². The van der Waals surface area contributed by atoms with Crippen LogP contribution < -0.4 is 0 Å². The Morgan fingerprint density at radius 1 is 1.16 bits per heavy atom. The SMILES string of the molecule is Cc1cnc(C(=O)N2CCC[C@H](c3cccc4nc(C)cn34)C2)cn1. The quantitative estimate of drug-likeness (QED) is 0.722. The zero-order valence-corrected chi connectivity index (χ0v) is 14.5. The number of carbonyl (C=O) groups excluding carboxylic acids is 1. The zero-order valence-electron chi connectivity index (χ0n) is 14.5. The molecule has 0 saturated carbocycles. The lowest BCUT2D eigenvalue weighted by atomic mass is 9.94. The van der Waals surface area contributed by atoms with Gasteiger partial charge in [-0.25, -0.2) is 9.97 Å². The predicted octanol–water partition coefficient (Wildman–Crippen LogP) is 2.76. The third kappa shape index (κ3) is 2.99. The van der Waals surface area contributed by atoms with Crippen LogP contribution in [0.1, 0.15) is 46.3 Å². The number of hydrogen-bond donors (Lipinski definition) is 0. The molecular weight excluding hydrogens is 314 g/mol. The van der Waals surface area contributed by atoms with E-state index in [1.165, 1.54) is 5.69 Å². The molecule has 4 heterocycles. The molecule has 0 aromatic carbocycles. The van der Waals surface area contributed by atoms with E-state index in [9.17, 15) is 4.79 Å². The maximum atomic E-state index is 12.8. The van der Waals surface area contributed by atoms with Crippen molar-refractivity contribution in [1.82, 2.24) is 24.3 Å². The number of aryl methyl sites for hydroxylation is 2. The number of carbonyl (C=O) groups is 1. The molecule has 128 valence electrons. The lowest BCUT2D eigenvalue weighted by Crippen LogP contribution is -2.39. The number of piperidine rings is 1. The Morgan fingerprint density at radius 3 is 2.84 bits per heavy atom. The van der Waals surface area contributed by atoms with Crippen molar-refractivity contribution in [3.8, 4) is 0 Å². The monoisotopic (exact) mass is 335 g/mol. The highest BCUT2D eigenvalue weighted by molar-refractivity contribution is 5.92. The molecule has 1 aliphatic heterocycles. The summed E-state index contributed by atoms with van der Waals surface area (Å²) in [4.78, 5) is 27.6. The van der Waals surface area contributed by atoms with Gasteiger partial charge in [0.1, 0.15) is 11.3 Å². The van der Waals surface area contributed by atoms with Gasteiger partial charge in [-0.15, -0.1) is 0 Å². The van der Waals surface area contributed by atoms with Crippen molar-refractivity contribution in [3.05, 3.63) is 59.6 Å². The predicted molar refractivity (Wildman–Crippen MR) is 94.6 cm³/mol. The number of fused-ring (bicyclic) bond motifs is 1. The second-order valence-electron chi connectivity index (χ2n) is 6.69. The van der Waals surface area contributed by atoms with Crippen LogP contribution in [0.5, 0.6) is 0 Å². The first-order chi connectivity index (χ1) is 12.1. The smallest absolute Gasteiger partial charge is 0.274 e. The molecule has 1 amide bonds. The molecule has 3 aromatic rings. The van der Waals surface area contributed by atoms with E-state index in [4.69, 9.17) is 0 Å². The van der Waals surface area contributed by atoms with E-state index in [1.54, 1.807) is 12.4 Å². The largest absolute Gasteiger partial charge is 0.337 e. The van der Waals surface area contributed by atoms with Gasteiger partial charge in [0.15, 0.2) is 0 Å². The van der Waals surface area contributed by atoms with E-state index in [-0.39, 0.29) is 5.91 Å². The Bertz CT molecular complexity index is 915. The summed E-state index contributed by atoms with van der Waals surface area (Å²) in [5.74, 6) is 0.264. The Morgan fingerprint density at radius 2 is 2.04 bits per heavy atom. The van der Waals surface area contributed by atoms with Crippen LogP contribution in [0.15, 0.2) is 36.8 Å². The molecule has 1 atom stereocenters. The average Bonchev–Trinajstić information content (AvgIpc) is 3.02. The van der Waals surface area contributed by atoms with E-state index in [0.29, 0.717) is 18.2 Å². The van der Waals surface area contributed by atoms with Crippen LogP contribution >= 0.6 is 0 Å². The third-order valence-corrected chi connectivity index (χ3v) is 4.77. The molecule has 0 spiro atoms. The van der Waals surface area contributed by atoms with Crippen LogP contribution in [0.3, 0.4) is 0 Å². The molecule has 6 heteroatoms. The summed E-state index contributed by atoms with van der Waals surface area (Å²) in [5, 5.41) is 0. The molecule has 3 aromatic heterocycles. The number of pyridine rings is 1. The van der Waals surface area contributed by atoms with Crippen molar-refractivity contribution in [2.75, 3.05) is 13.1 Å². The van der Waals surface area contributed by atoms with Crippen LogP contribution in [0.2, 0.25) is 0 Å². The van der Waals surface area contributed by atoms with Crippen molar-refractivity contribution in [3.63, 3.8) is 0 Å². The van der Waals surface area contributed by atoms with E-state index in [2.05, 4.69) is 31.6 Å². The number of rotatable bonds is 2. The van der Waals surface area contributed by atoms with E-state index in [1.807, 2.05) is 30.9 Å². The molecule has 1 fully saturated rings. The highest BCUT2D eigenvalue weighted by Crippen LogP contribution is 2.28. The summed E-state index contributed by atoms with van der Waals surface area (Å²) >= 11 is 0. The molecule has 0 aliphatic carbocycles. The van der Waals surface area contributed by atoms with Crippen LogP contribution in [-0.2, 0) is 0 Å². The summed E-state index contributed by atoms with van der Waals surface area (Å²) in [6.07, 6.45) is 7.33. The summed E-state index contributed by atoms with van der Waals surface area (Å²) in [6, 6.07) is 6.20. The van der Waals surface area contributed by atoms with Crippen LogP contribution in [0.4, 0.5) is 0 Å². The minimum atomic E-state index is -0.0359. The standard InChI is InChI=1S/C19H21N5O/c1-13-9-21-16(10-20-13)19(25)23-8-4-5-15(12-23)17-6-3-7-18-22-14(2)11-24(17)18/h3,6-7,9-11,15H,4-5,8,12H2,1-2H3/t15-/m0/s1. The third-order valence-electron chi connectivity index (χ3n) is 4.77. The maximum Gasteiger partial charge on any atom is 0.274 e. The number of hydrogen-bond acceptors (Lipinski definition) is 4. The molecule has 1 aliphatic rings. The van der Waals surface area contributed by atoms with Gasteiger partial charge < -0.3 is 9.30 Å². The molecule has 0 unspecified atom stereocenters. The lowest BCUT2D eigenvalue weighted by Gasteiger charge is -2.33. The number of imidazole rings is 1. The molecule has 0 radical (unpaired) electrons. The Balaban J connectivity index is 1.60. The van der Waals surface area contributed by atoms with Gasteiger partial charge in [0, 0.05) is 37.1 Å². The Labute approximate surface area is 146 Å². The normalized spacial score (nSPS) is 17.8.